The molecule has 0 radical (unpaired) electrons. The first-order valence-electron chi connectivity index (χ1n) is 6.09. The van der Waals surface area contributed by atoms with E-state index in [-0.39, 0.29) is 11.8 Å². The van der Waals surface area contributed by atoms with E-state index in [2.05, 4.69) is 42.5 Å². The van der Waals surface area contributed by atoms with Crippen LogP contribution < -0.4 is 10.6 Å². The molecule has 4 nitrogen and oxygen atoms in total. The summed E-state index contributed by atoms with van der Waals surface area (Å²) in [6, 6.07) is 12.3. The number of anilines is 2. The average Bonchev–Trinajstić information content (AvgIpc) is 2.37. The summed E-state index contributed by atoms with van der Waals surface area (Å²) < 4.78 is 1.63. The maximum Gasteiger partial charge on any atom is 0.255 e. The van der Waals surface area contributed by atoms with E-state index >= 15 is 0 Å². The van der Waals surface area contributed by atoms with Crippen LogP contribution in [-0.2, 0) is 4.79 Å². The van der Waals surface area contributed by atoms with Gasteiger partial charge in [0.05, 0.1) is 0 Å². The minimum atomic E-state index is -0.225. The third-order valence-corrected chi connectivity index (χ3v) is 3.48. The van der Waals surface area contributed by atoms with E-state index < -0.39 is 0 Å². The number of nitrogens with one attached hydrogen (secondary N) is 2. The Labute approximate surface area is 139 Å². The molecule has 108 valence electrons. The molecule has 2 N–H and O–H groups in total. The van der Waals surface area contributed by atoms with Crippen LogP contribution in [0.2, 0.25) is 0 Å². The van der Waals surface area contributed by atoms with E-state index in [0.717, 1.165) is 8.95 Å². The summed E-state index contributed by atoms with van der Waals surface area (Å²) in [7, 11) is 0. The topological polar surface area (TPSA) is 58.2 Å². The van der Waals surface area contributed by atoms with Crippen LogP contribution >= 0.6 is 31.9 Å². The van der Waals surface area contributed by atoms with Gasteiger partial charge in [0.15, 0.2) is 0 Å². The zero-order valence-corrected chi connectivity index (χ0v) is 14.3. The van der Waals surface area contributed by atoms with Gasteiger partial charge in [-0.2, -0.15) is 0 Å². The number of rotatable bonds is 3. The molecule has 0 atom stereocenters. The van der Waals surface area contributed by atoms with Gasteiger partial charge in [0.2, 0.25) is 5.91 Å². The quantitative estimate of drug-likeness (QED) is 0.785. The lowest BCUT2D eigenvalue weighted by molar-refractivity contribution is -0.114. The Morgan fingerprint density at radius 1 is 0.905 bits per heavy atom. The van der Waals surface area contributed by atoms with Crippen LogP contribution in [0, 0.1) is 0 Å². The molecule has 0 aliphatic rings. The molecule has 0 heterocycles. The number of amides is 2. The van der Waals surface area contributed by atoms with Crippen LogP contribution in [0.5, 0.6) is 0 Å². The molecule has 2 aromatic carbocycles. The van der Waals surface area contributed by atoms with E-state index in [1.807, 2.05) is 6.07 Å². The Kier molecular flexibility index (Phi) is 5.14. The van der Waals surface area contributed by atoms with Crippen molar-refractivity contribution in [3.63, 3.8) is 0 Å². The van der Waals surface area contributed by atoms with E-state index in [4.69, 9.17) is 0 Å². The van der Waals surface area contributed by atoms with Gasteiger partial charge in [-0.15, -0.1) is 0 Å². The van der Waals surface area contributed by atoms with Gasteiger partial charge in [-0.25, -0.2) is 0 Å². The van der Waals surface area contributed by atoms with E-state index in [1.165, 1.54) is 6.92 Å². The fourth-order valence-corrected chi connectivity index (χ4v) is 3.06. The smallest absolute Gasteiger partial charge is 0.255 e. The van der Waals surface area contributed by atoms with Crippen molar-refractivity contribution in [2.75, 3.05) is 10.6 Å². The molecule has 21 heavy (non-hydrogen) atoms. The van der Waals surface area contributed by atoms with Gasteiger partial charge in [0, 0.05) is 32.8 Å². The zero-order valence-electron chi connectivity index (χ0n) is 11.1. The number of hydrogen-bond donors (Lipinski definition) is 2. The molecule has 0 unspecified atom stereocenters. The van der Waals surface area contributed by atoms with Gasteiger partial charge in [0.25, 0.3) is 5.91 Å². The molecule has 2 aromatic rings. The fraction of sp³-hybridized carbons (Fsp3) is 0.0667. The second-order valence-corrected chi connectivity index (χ2v) is 6.21. The standard InChI is InChI=1S/C15H12Br2N2O2/c1-9(20)18-13-3-2-4-14(8-13)19-15(21)10-5-11(16)7-12(17)6-10/h2-8H,1H3,(H,18,20)(H,19,21). The van der Waals surface area contributed by atoms with Gasteiger partial charge < -0.3 is 10.6 Å². The van der Waals surface area contributed by atoms with Crippen molar-refractivity contribution < 1.29 is 9.59 Å². The summed E-state index contributed by atoms with van der Waals surface area (Å²) in [6.45, 7) is 1.43. The van der Waals surface area contributed by atoms with Crippen molar-refractivity contribution in [2.24, 2.45) is 0 Å². The highest BCUT2D eigenvalue weighted by Crippen LogP contribution is 2.21. The predicted octanol–water partition coefficient (Wildman–Crippen LogP) is 4.42. The van der Waals surface area contributed by atoms with Crippen LogP contribution in [-0.4, -0.2) is 11.8 Å². The number of benzene rings is 2. The summed E-state index contributed by atoms with van der Waals surface area (Å²) in [5, 5.41) is 5.47. The van der Waals surface area contributed by atoms with Gasteiger partial charge in [-0.1, -0.05) is 37.9 Å². The highest BCUT2D eigenvalue weighted by atomic mass is 79.9. The Morgan fingerprint density at radius 3 is 2.05 bits per heavy atom. The molecule has 0 aromatic heterocycles. The molecule has 0 bridgehead atoms. The molecular weight excluding hydrogens is 400 g/mol. The molecule has 0 spiro atoms. The summed E-state index contributed by atoms with van der Waals surface area (Å²) in [4.78, 5) is 23.2. The Balaban J connectivity index is 2.17. The van der Waals surface area contributed by atoms with Crippen molar-refractivity contribution in [3.05, 3.63) is 57.0 Å². The van der Waals surface area contributed by atoms with E-state index in [0.29, 0.717) is 16.9 Å². The van der Waals surface area contributed by atoms with E-state index in [1.54, 1.807) is 36.4 Å². The second-order valence-electron chi connectivity index (χ2n) is 4.37. The number of halogens is 2. The van der Waals surface area contributed by atoms with Crippen LogP contribution in [0.15, 0.2) is 51.4 Å². The van der Waals surface area contributed by atoms with Crippen molar-refractivity contribution >= 4 is 55.0 Å². The molecule has 6 heteroatoms. The molecule has 0 aliphatic carbocycles. The molecule has 2 amide bonds. The number of hydrogen-bond acceptors (Lipinski definition) is 2. The Bertz CT molecular complexity index is 682. The maximum absolute atomic E-state index is 12.2. The van der Waals surface area contributed by atoms with E-state index in [9.17, 15) is 9.59 Å². The first kappa shape index (κ1) is 15.7. The van der Waals surface area contributed by atoms with Gasteiger partial charge in [-0.3, -0.25) is 9.59 Å². The van der Waals surface area contributed by atoms with Crippen molar-refractivity contribution in [2.45, 2.75) is 6.92 Å². The highest BCUT2D eigenvalue weighted by molar-refractivity contribution is 9.11. The highest BCUT2D eigenvalue weighted by Gasteiger charge is 2.08. The van der Waals surface area contributed by atoms with Crippen molar-refractivity contribution in [3.8, 4) is 0 Å². The third-order valence-electron chi connectivity index (χ3n) is 2.57. The van der Waals surface area contributed by atoms with Crippen molar-refractivity contribution in [1.29, 1.82) is 0 Å². The van der Waals surface area contributed by atoms with Crippen LogP contribution in [0.25, 0.3) is 0 Å². The third kappa shape index (κ3) is 4.68. The summed E-state index contributed by atoms with van der Waals surface area (Å²) >= 11 is 6.70. The normalized spacial score (nSPS) is 10.0. The van der Waals surface area contributed by atoms with Crippen LogP contribution in [0.4, 0.5) is 11.4 Å². The summed E-state index contributed by atoms with van der Waals surface area (Å²) in [6.07, 6.45) is 0. The minimum Gasteiger partial charge on any atom is -0.326 e. The molecule has 0 fully saturated rings. The SMILES string of the molecule is CC(=O)Nc1cccc(NC(=O)c2cc(Br)cc(Br)c2)c1. The number of carbonyl (C=O) groups is 2. The molecule has 0 aliphatic heterocycles. The Hall–Kier alpha value is -1.66. The van der Waals surface area contributed by atoms with Crippen LogP contribution in [0.3, 0.4) is 0 Å². The first-order valence-corrected chi connectivity index (χ1v) is 7.68. The monoisotopic (exact) mass is 410 g/mol. The minimum absolute atomic E-state index is 0.158. The molecule has 0 saturated heterocycles. The fourth-order valence-electron chi connectivity index (χ4n) is 1.77. The lowest BCUT2D eigenvalue weighted by atomic mass is 10.2. The molecular formula is C15H12Br2N2O2. The predicted molar refractivity (Wildman–Crippen MR) is 90.5 cm³/mol. The van der Waals surface area contributed by atoms with Crippen molar-refractivity contribution in [1.82, 2.24) is 0 Å². The lowest BCUT2D eigenvalue weighted by Crippen LogP contribution is -2.12. The maximum atomic E-state index is 12.2. The molecule has 0 saturated carbocycles. The number of carbonyl (C=O) groups excluding carboxylic acids is 2. The zero-order chi connectivity index (χ0) is 15.4. The largest absolute Gasteiger partial charge is 0.326 e. The molecule has 2 rings (SSSR count). The lowest BCUT2D eigenvalue weighted by Gasteiger charge is -2.08. The summed E-state index contributed by atoms with van der Waals surface area (Å²) in [5.41, 5.74) is 1.78. The van der Waals surface area contributed by atoms with Crippen LogP contribution in [0.1, 0.15) is 17.3 Å². The van der Waals surface area contributed by atoms with Gasteiger partial charge in [0.1, 0.15) is 0 Å². The van der Waals surface area contributed by atoms with Gasteiger partial charge >= 0.3 is 0 Å². The summed E-state index contributed by atoms with van der Waals surface area (Å²) in [5.74, 6) is -0.383. The second kappa shape index (κ2) is 6.87. The van der Waals surface area contributed by atoms with Gasteiger partial charge in [-0.05, 0) is 36.4 Å². The Morgan fingerprint density at radius 2 is 1.48 bits per heavy atom. The first-order chi connectivity index (χ1) is 9.94. The average molecular weight is 412 g/mol.